The molecule has 0 amide bonds. The Bertz CT molecular complexity index is 1020. The third-order valence-corrected chi connectivity index (χ3v) is 5.60. The van der Waals surface area contributed by atoms with Gasteiger partial charge in [0.05, 0.1) is 19.6 Å². The molecule has 32 heavy (non-hydrogen) atoms. The summed E-state index contributed by atoms with van der Waals surface area (Å²) in [6.07, 6.45) is -7.40. The maximum Gasteiger partial charge on any atom is 0.229 e. The van der Waals surface area contributed by atoms with Crippen molar-refractivity contribution in [1.82, 2.24) is 0 Å². The van der Waals surface area contributed by atoms with Crippen LogP contribution < -0.4 is 14.2 Å². The topological polar surface area (TPSA) is 155 Å². The SMILES string of the molecule is COc1cc([C@@H]2CC(=O)c3c(OC4OC(C)C(O)C(O)C4O)cc(O)cc3O2)ccc1O. The molecule has 1 fully saturated rings. The first kappa shape index (κ1) is 22.2. The molecule has 10 nitrogen and oxygen atoms in total. The van der Waals surface area contributed by atoms with E-state index in [1.165, 1.54) is 32.2 Å². The molecule has 1 saturated heterocycles. The lowest BCUT2D eigenvalue weighted by atomic mass is 9.95. The Morgan fingerprint density at radius 1 is 1.00 bits per heavy atom. The van der Waals surface area contributed by atoms with E-state index in [1.807, 2.05) is 0 Å². The molecule has 4 rings (SSSR count). The summed E-state index contributed by atoms with van der Waals surface area (Å²) in [5.41, 5.74) is 0.635. The van der Waals surface area contributed by atoms with Crippen molar-refractivity contribution in [2.24, 2.45) is 0 Å². The number of carbonyl (C=O) groups excluding carboxylic acids is 1. The van der Waals surface area contributed by atoms with E-state index in [-0.39, 0.29) is 46.5 Å². The highest BCUT2D eigenvalue weighted by Crippen LogP contribution is 2.44. The summed E-state index contributed by atoms with van der Waals surface area (Å²) < 4.78 is 22.1. The molecule has 172 valence electrons. The monoisotopic (exact) mass is 448 g/mol. The molecule has 0 bridgehead atoms. The molecule has 0 saturated carbocycles. The van der Waals surface area contributed by atoms with Gasteiger partial charge in [0, 0.05) is 12.1 Å². The molecule has 2 heterocycles. The van der Waals surface area contributed by atoms with Gasteiger partial charge in [-0.15, -0.1) is 0 Å². The van der Waals surface area contributed by atoms with Crippen molar-refractivity contribution in [3.8, 4) is 28.7 Å². The second-order valence-electron chi connectivity index (χ2n) is 7.78. The molecule has 6 atom stereocenters. The lowest BCUT2D eigenvalue weighted by Crippen LogP contribution is -2.58. The number of aromatic hydroxyl groups is 2. The predicted octanol–water partition coefficient (Wildman–Crippen LogP) is 1.02. The maximum atomic E-state index is 13.0. The van der Waals surface area contributed by atoms with Crippen molar-refractivity contribution in [2.45, 2.75) is 50.2 Å². The average Bonchev–Trinajstić information content (AvgIpc) is 2.75. The van der Waals surface area contributed by atoms with Crippen LogP contribution in [0.25, 0.3) is 0 Å². The molecule has 0 radical (unpaired) electrons. The van der Waals surface area contributed by atoms with Crippen LogP contribution in [-0.4, -0.2) is 69.1 Å². The zero-order valence-electron chi connectivity index (χ0n) is 17.3. The number of Topliss-reactive ketones (excluding diaryl/α,β-unsaturated/α-hetero) is 1. The van der Waals surface area contributed by atoms with Crippen LogP contribution in [0.2, 0.25) is 0 Å². The Balaban J connectivity index is 1.64. The lowest BCUT2D eigenvalue weighted by Gasteiger charge is -2.39. The number of ether oxygens (including phenoxy) is 4. The van der Waals surface area contributed by atoms with E-state index < -0.39 is 36.8 Å². The molecule has 2 aromatic rings. The summed E-state index contributed by atoms with van der Waals surface area (Å²) in [5.74, 6) is -0.465. The summed E-state index contributed by atoms with van der Waals surface area (Å²) in [6.45, 7) is 1.50. The second-order valence-corrected chi connectivity index (χ2v) is 7.78. The highest BCUT2D eigenvalue weighted by Gasteiger charge is 2.44. The van der Waals surface area contributed by atoms with Gasteiger partial charge in [-0.3, -0.25) is 4.79 Å². The van der Waals surface area contributed by atoms with Crippen LogP contribution in [0.5, 0.6) is 28.7 Å². The van der Waals surface area contributed by atoms with Crippen molar-refractivity contribution in [3.05, 3.63) is 41.5 Å². The van der Waals surface area contributed by atoms with Crippen molar-refractivity contribution in [1.29, 1.82) is 0 Å². The van der Waals surface area contributed by atoms with Crippen LogP contribution in [0.1, 0.15) is 35.4 Å². The maximum absolute atomic E-state index is 13.0. The number of methoxy groups -OCH3 is 1. The van der Waals surface area contributed by atoms with Gasteiger partial charge in [-0.25, -0.2) is 0 Å². The molecule has 2 aliphatic heterocycles. The Hall–Kier alpha value is -3.05. The van der Waals surface area contributed by atoms with Gasteiger partial charge in [0.1, 0.15) is 47.2 Å². The first-order valence-corrected chi connectivity index (χ1v) is 9.99. The first-order chi connectivity index (χ1) is 15.2. The molecule has 10 heteroatoms. The Morgan fingerprint density at radius 3 is 2.47 bits per heavy atom. The Kier molecular flexibility index (Phi) is 5.87. The molecule has 2 aliphatic rings. The van der Waals surface area contributed by atoms with Crippen LogP contribution in [-0.2, 0) is 4.74 Å². The molecule has 5 unspecified atom stereocenters. The largest absolute Gasteiger partial charge is 0.508 e. The minimum absolute atomic E-state index is 0.0499. The number of phenolic OH excluding ortho intramolecular Hbond substituents is 2. The van der Waals surface area contributed by atoms with Gasteiger partial charge in [0.15, 0.2) is 17.3 Å². The van der Waals surface area contributed by atoms with E-state index in [0.29, 0.717) is 5.56 Å². The highest BCUT2D eigenvalue weighted by atomic mass is 16.7. The van der Waals surface area contributed by atoms with Gasteiger partial charge < -0.3 is 44.5 Å². The molecule has 0 spiro atoms. The van der Waals surface area contributed by atoms with E-state index in [1.54, 1.807) is 12.1 Å². The predicted molar refractivity (Wildman–Crippen MR) is 108 cm³/mol. The van der Waals surface area contributed by atoms with E-state index in [9.17, 15) is 30.3 Å². The summed E-state index contributed by atoms with van der Waals surface area (Å²) in [5, 5.41) is 50.0. The van der Waals surface area contributed by atoms with Crippen LogP contribution in [0, 0.1) is 0 Å². The normalized spacial score (nSPS) is 29.7. The number of hydrogen-bond donors (Lipinski definition) is 5. The van der Waals surface area contributed by atoms with E-state index >= 15 is 0 Å². The number of hydrogen-bond acceptors (Lipinski definition) is 10. The number of aliphatic hydroxyl groups excluding tert-OH is 3. The quantitative estimate of drug-likeness (QED) is 0.458. The smallest absolute Gasteiger partial charge is 0.229 e. The zero-order valence-corrected chi connectivity index (χ0v) is 17.3. The lowest BCUT2D eigenvalue weighted by molar-refractivity contribution is -0.268. The number of benzene rings is 2. The molecular weight excluding hydrogens is 424 g/mol. The van der Waals surface area contributed by atoms with Crippen LogP contribution in [0.3, 0.4) is 0 Å². The van der Waals surface area contributed by atoms with E-state index in [2.05, 4.69) is 0 Å². The first-order valence-electron chi connectivity index (χ1n) is 9.99. The van der Waals surface area contributed by atoms with E-state index in [0.717, 1.165) is 0 Å². The fourth-order valence-corrected chi connectivity index (χ4v) is 3.82. The Labute approximate surface area is 183 Å². The summed E-state index contributed by atoms with van der Waals surface area (Å²) >= 11 is 0. The van der Waals surface area contributed by atoms with Crippen molar-refractivity contribution < 1.29 is 49.3 Å². The number of ketones is 1. The highest BCUT2D eigenvalue weighted by molar-refractivity contribution is 6.02. The molecular formula is C22H24O10. The molecule has 0 aliphatic carbocycles. The van der Waals surface area contributed by atoms with Crippen molar-refractivity contribution in [3.63, 3.8) is 0 Å². The van der Waals surface area contributed by atoms with Gasteiger partial charge in [-0.05, 0) is 24.6 Å². The number of carbonyl (C=O) groups is 1. The van der Waals surface area contributed by atoms with Gasteiger partial charge >= 0.3 is 0 Å². The van der Waals surface area contributed by atoms with Crippen molar-refractivity contribution >= 4 is 5.78 Å². The third kappa shape index (κ3) is 3.93. The third-order valence-electron chi connectivity index (χ3n) is 5.60. The van der Waals surface area contributed by atoms with E-state index in [4.69, 9.17) is 18.9 Å². The minimum Gasteiger partial charge on any atom is -0.508 e. The second kappa shape index (κ2) is 8.47. The average molecular weight is 448 g/mol. The summed E-state index contributed by atoms with van der Waals surface area (Å²) in [7, 11) is 1.40. The minimum atomic E-state index is -1.59. The van der Waals surface area contributed by atoms with Crippen LogP contribution in [0.4, 0.5) is 0 Å². The fraction of sp³-hybridized carbons (Fsp3) is 0.409. The number of fused-ring (bicyclic) bond motifs is 1. The summed E-state index contributed by atoms with van der Waals surface area (Å²) in [4.78, 5) is 13.0. The Morgan fingerprint density at radius 2 is 1.75 bits per heavy atom. The van der Waals surface area contributed by atoms with Gasteiger partial charge in [0.2, 0.25) is 6.29 Å². The number of phenols is 2. The summed E-state index contributed by atoms with van der Waals surface area (Å²) in [6, 6.07) is 7.03. The molecule has 5 N–H and O–H groups in total. The van der Waals surface area contributed by atoms with Gasteiger partial charge in [-0.2, -0.15) is 0 Å². The van der Waals surface area contributed by atoms with Crippen LogP contribution in [0.15, 0.2) is 30.3 Å². The zero-order chi connectivity index (χ0) is 23.2. The van der Waals surface area contributed by atoms with Gasteiger partial charge in [0.25, 0.3) is 0 Å². The molecule has 0 aromatic heterocycles. The standard InChI is InChI=1S/C22H24O10/c1-9-19(26)20(27)21(28)22(30-9)32-17-7-11(23)6-16-18(17)13(25)8-14(31-16)10-3-4-12(24)15(5-10)29-2/h3-7,9,14,19-24,26-28H,8H2,1-2H3/t9?,14-,19?,20?,21?,22?/m0/s1. The van der Waals surface area contributed by atoms with Gasteiger partial charge in [-0.1, -0.05) is 6.07 Å². The van der Waals surface area contributed by atoms with Crippen LogP contribution >= 0.6 is 0 Å². The molecule has 2 aromatic carbocycles. The number of rotatable bonds is 4. The fourth-order valence-electron chi connectivity index (χ4n) is 3.82. The van der Waals surface area contributed by atoms with Crippen molar-refractivity contribution in [2.75, 3.05) is 7.11 Å². The number of aliphatic hydroxyl groups is 3.